The molecule has 0 saturated heterocycles. The zero-order valence-corrected chi connectivity index (χ0v) is 11.9. The highest BCUT2D eigenvalue weighted by atomic mass is 32.2. The molecular formula is C10H23N3O3S. The van der Waals surface area contributed by atoms with Gasteiger partial charge in [0.15, 0.2) is 0 Å². The second-order valence-electron chi connectivity index (χ2n) is 4.67. The fourth-order valence-electron chi connectivity index (χ4n) is 1.40. The molecule has 0 heterocycles. The number of likely N-dealkylation sites (N-methyl/N-ethyl adjacent to an activating group) is 1. The van der Waals surface area contributed by atoms with E-state index >= 15 is 0 Å². The number of nitrogens with one attached hydrogen (secondary N) is 3. The maximum Gasteiger partial charge on any atom is 0.240 e. The Hall–Kier alpha value is -0.660. The Morgan fingerprint density at radius 2 is 1.88 bits per heavy atom. The van der Waals surface area contributed by atoms with Gasteiger partial charge in [0, 0.05) is 12.6 Å². The minimum Gasteiger partial charge on any atom is -0.353 e. The Balaban J connectivity index is 4.30. The number of carbonyl (C=O) groups is 1. The molecule has 0 aromatic carbocycles. The molecule has 0 unspecified atom stereocenters. The van der Waals surface area contributed by atoms with Crippen LogP contribution in [0.25, 0.3) is 0 Å². The van der Waals surface area contributed by atoms with Crippen LogP contribution in [0, 0.1) is 0 Å². The second kappa shape index (κ2) is 6.32. The van der Waals surface area contributed by atoms with E-state index in [2.05, 4.69) is 15.4 Å². The van der Waals surface area contributed by atoms with Crippen LogP contribution in [0.5, 0.6) is 0 Å². The van der Waals surface area contributed by atoms with Crippen LogP contribution < -0.4 is 15.4 Å². The molecule has 0 radical (unpaired) electrons. The standard InChI is InChI=1S/C10H23N3O3S/c1-6-11-8(2)7-12-9(14)10(3,4)13-17(5,15)16/h8,11,13H,6-7H2,1-5H3,(H,12,14)/t8-/m1/s1. The number of rotatable bonds is 7. The Morgan fingerprint density at radius 1 is 1.35 bits per heavy atom. The SMILES string of the molecule is CCN[C@H](C)CNC(=O)C(C)(C)NS(C)(=O)=O. The molecule has 1 atom stereocenters. The van der Waals surface area contributed by atoms with Crippen molar-refractivity contribution < 1.29 is 13.2 Å². The molecule has 0 saturated carbocycles. The van der Waals surface area contributed by atoms with Gasteiger partial charge in [-0.25, -0.2) is 13.1 Å². The van der Waals surface area contributed by atoms with Crippen molar-refractivity contribution in [3.63, 3.8) is 0 Å². The fourth-order valence-corrected chi connectivity index (χ4v) is 2.42. The van der Waals surface area contributed by atoms with Crippen LogP contribution in [-0.4, -0.2) is 45.3 Å². The van der Waals surface area contributed by atoms with Gasteiger partial charge in [0.25, 0.3) is 0 Å². The summed E-state index contributed by atoms with van der Waals surface area (Å²) in [5.41, 5.74) is -1.14. The zero-order valence-electron chi connectivity index (χ0n) is 11.1. The van der Waals surface area contributed by atoms with Gasteiger partial charge in [-0.3, -0.25) is 4.79 Å². The van der Waals surface area contributed by atoms with Crippen LogP contribution in [0.2, 0.25) is 0 Å². The predicted molar refractivity (Wildman–Crippen MR) is 68.2 cm³/mol. The lowest BCUT2D eigenvalue weighted by Crippen LogP contribution is -2.55. The number of amides is 1. The number of hydrogen-bond donors (Lipinski definition) is 3. The van der Waals surface area contributed by atoms with E-state index in [1.165, 1.54) is 13.8 Å². The van der Waals surface area contributed by atoms with Crippen LogP contribution in [-0.2, 0) is 14.8 Å². The van der Waals surface area contributed by atoms with Gasteiger partial charge in [-0.05, 0) is 27.3 Å². The van der Waals surface area contributed by atoms with Crippen molar-refractivity contribution in [2.75, 3.05) is 19.3 Å². The third-order valence-corrected chi connectivity index (χ3v) is 3.01. The van der Waals surface area contributed by atoms with E-state index < -0.39 is 15.6 Å². The van der Waals surface area contributed by atoms with E-state index in [1.54, 1.807) is 0 Å². The molecule has 0 aromatic rings. The molecule has 0 aliphatic carbocycles. The summed E-state index contributed by atoms with van der Waals surface area (Å²) in [7, 11) is -3.40. The van der Waals surface area contributed by atoms with E-state index in [0.717, 1.165) is 12.8 Å². The molecule has 0 rings (SSSR count). The van der Waals surface area contributed by atoms with Gasteiger partial charge in [-0.2, -0.15) is 0 Å². The fraction of sp³-hybridized carbons (Fsp3) is 0.900. The van der Waals surface area contributed by atoms with Gasteiger partial charge in [0.1, 0.15) is 5.54 Å². The van der Waals surface area contributed by atoms with Crippen molar-refractivity contribution in [1.82, 2.24) is 15.4 Å². The smallest absolute Gasteiger partial charge is 0.240 e. The first-order valence-corrected chi connectivity index (χ1v) is 7.48. The lowest BCUT2D eigenvalue weighted by molar-refractivity contribution is -0.125. The van der Waals surface area contributed by atoms with Crippen molar-refractivity contribution in [1.29, 1.82) is 0 Å². The van der Waals surface area contributed by atoms with Crippen molar-refractivity contribution in [2.24, 2.45) is 0 Å². The maximum atomic E-state index is 11.8. The molecule has 0 spiro atoms. The summed E-state index contributed by atoms with van der Waals surface area (Å²) in [6, 6.07) is 0.151. The van der Waals surface area contributed by atoms with E-state index in [1.807, 2.05) is 13.8 Å². The Morgan fingerprint density at radius 3 is 2.29 bits per heavy atom. The first-order chi connectivity index (χ1) is 7.58. The summed E-state index contributed by atoms with van der Waals surface area (Å²) in [6.07, 6.45) is 1.03. The Kier molecular flexibility index (Phi) is 6.08. The monoisotopic (exact) mass is 265 g/mol. The molecule has 1 amide bonds. The molecular weight excluding hydrogens is 242 g/mol. The minimum atomic E-state index is -3.40. The lowest BCUT2D eigenvalue weighted by Gasteiger charge is -2.25. The first-order valence-electron chi connectivity index (χ1n) is 5.59. The van der Waals surface area contributed by atoms with Crippen molar-refractivity contribution in [3.05, 3.63) is 0 Å². The molecule has 6 nitrogen and oxygen atoms in total. The number of sulfonamides is 1. The van der Waals surface area contributed by atoms with Gasteiger partial charge in [-0.15, -0.1) is 0 Å². The van der Waals surface area contributed by atoms with Gasteiger partial charge >= 0.3 is 0 Å². The summed E-state index contributed by atoms with van der Waals surface area (Å²) in [6.45, 7) is 8.26. The van der Waals surface area contributed by atoms with E-state index in [0.29, 0.717) is 6.54 Å². The summed E-state index contributed by atoms with van der Waals surface area (Å²) < 4.78 is 24.5. The Bertz CT molecular complexity index is 352. The summed E-state index contributed by atoms with van der Waals surface area (Å²) in [5.74, 6) is -0.340. The zero-order chi connectivity index (χ0) is 13.7. The van der Waals surface area contributed by atoms with Crippen molar-refractivity contribution in [3.8, 4) is 0 Å². The number of carbonyl (C=O) groups excluding carboxylic acids is 1. The second-order valence-corrected chi connectivity index (χ2v) is 6.42. The van der Waals surface area contributed by atoms with Gasteiger partial charge in [0.05, 0.1) is 6.26 Å². The number of hydrogen-bond acceptors (Lipinski definition) is 4. The molecule has 0 fully saturated rings. The quantitative estimate of drug-likeness (QED) is 0.575. The molecule has 0 aliphatic heterocycles. The van der Waals surface area contributed by atoms with Crippen molar-refractivity contribution in [2.45, 2.75) is 39.3 Å². The van der Waals surface area contributed by atoms with Gasteiger partial charge < -0.3 is 10.6 Å². The highest BCUT2D eigenvalue weighted by molar-refractivity contribution is 7.88. The van der Waals surface area contributed by atoms with E-state index in [-0.39, 0.29) is 11.9 Å². The normalized spacial score (nSPS) is 14.4. The van der Waals surface area contributed by atoms with Crippen LogP contribution >= 0.6 is 0 Å². The third-order valence-electron chi connectivity index (χ3n) is 2.13. The lowest BCUT2D eigenvalue weighted by atomic mass is 10.1. The van der Waals surface area contributed by atoms with E-state index in [9.17, 15) is 13.2 Å². The molecule has 17 heavy (non-hydrogen) atoms. The van der Waals surface area contributed by atoms with Crippen LogP contribution in [0.4, 0.5) is 0 Å². The molecule has 7 heteroatoms. The topological polar surface area (TPSA) is 87.3 Å². The highest BCUT2D eigenvalue weighted by Gasteiger charge is 2.30. The van der Waals surface area contributed by atoms with Gasteiger partial charge in [-0.1, -0.05) is 6.92 Å². The van der Waals surface area contributed by atoms with E-state index in [4.69, 9.17) is 0 Å². The summed E-state index contributed by atoms with van der Waals surface area (Å²) >= 11 is 0. The predicted octanol–water partition coefficient (Wildman–Crippen LogP) is -0.572. The molecule has 3 N–H and O–H groups in total. The van der Waals surface area contributed by atoms with Crippen LogP contribution in [0.3, 0.4) is 0 Å². The average Bonchev–Trinajstić information content (AvgIpc) is 2.10. The molecule has 0 bridgehead atoms. The molecule has 0 aliphatic rings. The van der Waals surface area contributed by atoms with Crippen molar-refractivity contribution >= 4 is 15.9 Å². The summed E-state index contributed by atoms with van der Waals surface area (Å²) in [5, 5.41) is 5.85. The maximum absolute atomic E-state index is 11.8. The third kappa shape index (κ3) is 7.30. The summed E-state index contributed by atoms with van der Waals surface area (Å²) in [4.78, 5) is 11.8. The molecule has 102 valence electrons. The van der Waals surface area contributed by atoms with Crippen LogP contribution in [0.1, 0.15) is 27.7 Å². The molecule has 0 aromatic heterocycles. The highest BCUT2D eigenvalue weighted by Crippen LogP contribution is 2.03. The largest absolute Gasteiger partial charge is 0.353 e. The van der Waals surface area contributed by atoms with Gasteiger partial charge in [0.2, 0.25) is 15.9 Å². The van der Waals surface area contributed by atoms with Crippen LogP contribution in [0.15, 0.2) is 0 Å². The minimum absolute atomic E-state index is 0.151. The average molecular weight is 265 g/mol. The first kappa shape index (κ1) is 16.3. The Labute approximate surface area is 104 Å².